The first kappa shape index (κ1) is 134. The average Bonchev–Trinajstić information content (AvgIpc) is 1.53. The summed E-state index contributed by atoms with van der Waals surface area (Å²) in [6.45, 7) is 57.8. The molecule has 17 aliphatic carbocycles. The first-order valence-corrected chi connectivity index (χ1v) is 50.5. The molecule has 0 N–H and O–H groups in total. The summed E-state index contributed by atoms with van der Waals surface area (Å²) >= 11 is 0. The molecule has 0 radical (unpaired) electrons. The van der Waals surface area contributed by atoms with Crippen LogP contribution in [0.25, 0.3) is 0 Å². The van der Waals surface area contributed by atoms with Crippen LogP contribution in [-0.2, 0) is 66.7 Å². The van der Waals surface area contributed by atoms with E-state index in [4.69, 9.17) is 37.9 Å². The number of hydrogen-bond acceptors (Lipinski definition) is 14. The van der Waals surface area contributed by atoms with Gasteiger partial charge in [0.1, 0.15) is 22.4 Å². The van der Waals surface area contributed by atoms with Crippen LogP contribution in [0.4, 0.5) is 0 Å². The number of ether oxygens (including phenoxy) is 8. The monoisotopic (exact) mass is 1890 g/mol. The van der Waals surface area contributed by atoms with E-state index in [9.17, 15) is 28.8 Å². The van der Waals surface area contributed by atoms with Crippen molar-refractivity contribution >= 4 is 35.8 Å². The topological polar surface area (TPSA) is 176 Å². The maximum absolute atomic E-state index is 12.7. The first-order valence-electron chi connectivity index (χ1n) is 50.5. The number of fused-ring (bicyclic) bond motifs is 19. The predicted octanol–water partition coefficient (Wildman–Crippen LogP) is 35.0. The molecule has 17 rings (SSSR count). The zero-order valence-corrected chi connectivity index (χ0v) is 82.1. The van der Waals surface area contributed by atoms with E-state index in [1.807, 2.05) is 125 Å². The van der Waals surface area contributed by atoms with Gasteiger partial charge in [0.2, 0.25) is 6.29 Å². The van der Waals surface area contributed by atoms with Crippen molar-refractivity contribution in [1.29, 1.82) is 0 Å². The standard InChI is InChI=1S/C21H36O2.C20H32O3.C19H30O2.C18H30O3.C15H28O2.C13H24O2.13CH4/c1-8-18(3,4)17(22)23-20(7)11-12-21-13-16(20)19(5,6)15(21)10-9-14(21)2;1-5-20(3,4)19(21)23-11(2)22-16-10-14-9-15(16)18-13-7-6-12(8-13)17(14)18;1-5-18(2,3)17(20)21-19(4)10-13-9-14(19)16-12-7-6-11(8-12)15(13)16;1-5-17(3,4)16(19)20-12(2)21-18-9-13-6-14(10-18)8-15(7-13)11-18;1-6-14(2,3)13(16)17-15(4,5)12-10-8-7-9-11-12;1-5-12(2,3)11(14)15-13(4)9-7-6-8-10-13;;;;;;;;;;;;;/h14-16H,8-13H2,1-7H3;11-18H,5-10H2,1-4H3;11-16H,5-10H2,1-4H3;12-15H,5-11H2,1-4H3;12H,6-11H2,1-5H3;5-10H2,1-4H3;13*1H4. The average molecular weight is 1890 g/mol. The third-order valence-corrected chi connectivity index (χ3v) is 38.3. The molecule has 1 spiro atoms. The van der Waals surface area contributed by atoms with E-state index in [0.717, 1.165) is 159 Å². The van der Waals surface area contributed by atoms with Crippen LogP contribution in [0.15, 0.2) is 0 Å². The number of carbonyl (C=O) groups is 6. The van der Waals surface area contributed by atoms with E-state index in [1.165, 1.54) is 173 Å². The van der Waals surface area contributed by atoms with Crippen molar-refractivity contribution in [2.45, 2.75) is 575 Å². The zero-order chi connectivity index (χ0) is 88.5. The highest BCUT2D eigenvalue weighted by atomic mass is 16.7. The van der Waals surface area contributed by atoms with Gasteiger partial charge in [-0.25, -0.2) is 0 Å². The zero-order valence-electron chi connectivity index (χ0n) is 82.1. The SMILES string of the molecule is C.C.C.C.C.C.C.C.C.C.C.C.C.CCC(C)(C)C(=O)OC(C)(C)C1CCCCC1.CCC(C)(C)C(=O)OC(C)OC12CC3CC(CC(C3)C1)C2.CCC(C)(C)C(=O)OC(C)OC1CC2CC1C1C3CCC(C3)C21.CCC(C)(C)C(=O)OC1(C)CC2CC1C1C3CCC(C3)C21.CCC(C)(C)C(=O)OC1(C)CCC23CC1C(C)(C)C2CCC3C.CCC(C)(C)C(=O)OC1(C)CCCCC1. The fourth-order valence-corrected chi connectivity index (χ4v) is 28.7. The third-order valence-electron chi connectivity index (χ3n) is 38.3. The van der Waals surface area contributed by atoms with Crippen LogP contribution >= 0.6 is 0 Å². The number of hydrogen-bond donors (Lipinski definition) is 0. The van der Waals surface area contributed by atoms with Gasteiger partial charge in [-0.05, 0) is 455 Å². The van der Waals surface area contributed by atoms with Crippen molar-refractivity contribution in [3.05, 3.63) is 0 Å². The Morgan fingerprint density at radius 2 is 0.737 bits per heavy atom. The molecule has 17 aliphatic rings. The van der Waals surface area contributed by atoms with Crippen LogP contribution in [0.2, 0.25) is 0 Å². The summed E-state index contributed by atoms with van der Waals surface area (Å²) in [5, 5.41) is 0. The fraction of sp³-hybridized carbons (Fsp3) is 0.950. The lowest BCUT2D eigenvalue weighted by atomic mass is 9.54. The van der Waals surface area contributed by atoms with Crippen LogP contribution in [0.5, 0.6) is 0 Å². The molecule has 133 heavy (non-hydrogen) atoms. The van der Waals surface area contributed by atoms with Crippen molar-refractivity contribution in [3.8, 4) is 0 Å². The molecule has 0 aromatic rings. The Morgan fingerprint density at radius 1 is 0.346 bits per heavy atom. The largest absolute Gasteiger partial charge is 0.459 e. The van der Waals surface area contributed by atoms with Gasteiger partial charge < -0.3 is 37.9 Å². The quantitative estimate of drug-likeness (QED) is 0.0409. The molecule has 14 heteroatoms. The van der Waals surface area contributed by atoms with E-state index in [1.54, 1.807) is 0 Å². The van der Waals surface area contributed by atoms with Gasteiger partial charge in [-0.3, -0.25) is 28.8 Å². The molecule has 21 atom stereocenters. The summed E-state index contributed by atoms with van der Waals surface area (Å²) in [5.74, 6) is 15.8. The minimum absolute atomic E-state index is 0. The molecule has 17 saturated carbocycles. The summed E-state index contributed by atoms with van der Waals surface area (Å²) in [4.78, 5) is 73.8. The highest BCUT2D eigenvalue weighted by Crippen LogP contribution is 2.75. The van der Waals surface area contributed by atoms with E-state index in [0.29, 0.717) is 29.3 Å². The van der Waals surface area contributed by atoms with Crippen molar-refractivity contribution < 1.29 is 66.7 Å². The predicted molar refractivity (Wildman–Crippen MR) is 567 cm³/mol. The maximum atomic E-state index is 12.7. The van der Waals surface area contributed by atoms with Crippen molar-refractivity contribution in [3.63, 3.8) is 0 Å². The minimum atomic E-state index is -0.418. The fourth-order valence-electron chi connectivity index (χ4n) is 28.7. The van der Waals surface area contributed by atoms with Crippen LogP contribution in [0.3, 0.4) is 0 Å². The Balaban J connectivity index is -0.00000150. The molecule has 0 amide bonds. The molecule has 14 nitrogen and oxygen atoms in total. The van der Waals surface area contributed by atoms with Crippen molar-refractivity contribution in [1.82, 2.24) is 0 Å². The molecule has 0 saturated heterocycles. The Morgan fingerprint density at radius 3 is 1.19 bits per heavy atom. The van der Waals surface area contributed by atoms with Crippen LogP contribution < -0.4 is 0 Å². The Kier molecular flexibility index (Phi) is 50.9. The summed E-state index contributed by atoms with van der Waals surface area (Å²) in [6, 6.07) is 0. The van der Waals surface area contributed by atoms with Gasteiger partial charge in [0.15, 0.2) is 6.29 Å². The molecule has 0 heterocycles. The summed E-state index contributed by atoms with van der Waals surface area (Å²) in [6.07, 6.45) is 44.4. The number of rotatable bonds is 23. The van der Waals surface area contributed by atoms with E-state index in [2.05, 4.69) is 69.2 Å². The van der Waals surface area contributed by atoms with Crippen LogP contribution in [-0.4, -0.2) is 82.5 Å². The Labute approximate surface area is 828 Å². The lowest BCUT2D eigenvalue weighted by Crippen LogP contribution is -2.53. The number of esters is 6. The van der Waals surface area contributed by atoms with Gasteiger partial charge in [-0.1, -0.05) is 185 Å². The Bertz CT molecular complexity index is 3470. The normalized spacial score (nSPS) is 34.6. The van der Waals surface area contributed by atoms with Gasteiger partial charge >= 0.3 is 35.8 Å². The smallest absolute Gasteiger partial charge is 0.313 e. The molecule has 14 bridgehead atoms. The molecule has 0 aromatic carbocycles. The van der Waals surface area contributed by atoms with Gasteiger partial charge in [-0.15, -0.1) is 0 Å². The maximum Gasteiger partial charge on any atom is 0.313 e. The Hall–Kier alpha value is -3.26. The van der Waals surface area contributed by atoms with Crippen molar-refractivity contribution in [2.75, 3.05) is 0 Å². The van der Waals surface area contributed by atoms with E-state index in [-0.39, 0.29) is 187 Å². The highest BCUT2D eigenvalue weighted by Gasteiger charge is 2.71. The second kappa shape index (κ2) is 50.6. The lowest BCUT2D eigenvalue weighted by molar-refractivity contribution is -0.248. The second-order valence-corrected chi connectivity index (χ2v) is 49.4. The molecule has 0 aliphatic heterocycles. The van der Waals surface area contributed by atoms with E-state index < -0.39 is 23.4 Å². The van der Waals surface area contributed by atoms with Gasteiger partial charge in [0.25, 0.3) is 0 Å². The molecule has 0 aromatic heterocycles. The summed E-state index contributed by atoms with van der Waals surface area (Å²) in [7, 11) is 0. The first-order chi connectivity index (χ1) is 55.8. The third kappa shape index (κ3) is 28.2. The number of carbonyl (C=O) groups excluding carboxylic acids is 6. The molecule has 21 unspecified atom stereocenters. The summed E-state index contributed by atoms with van der Waals surface area (Å²) < 4.78 is 47.6. The molecular formula is C119H232O14. The molecular weight excluding hydrogens is 1650 g/mol. The summed E-state index contributed by atoms with van der Waals surface area (Å²) in [5.41, 5.74) is -2.35. The van der Waals surface area contributed by atoms with Gasteiger partial charge in [0, 0.05) is 11.8 Å². The molecule has 792 valence electrons. The highest BCUT2D eigenvalue weighted by molar-refractivity contribution is 5.78. The second-order valence-electron chi connectivity index (χ2n) is 49.4. The van der Waals surface area contributed by atoms with E-state index >= 15 is 0 Å². The van der Waals surface area contributed by atoms with Crippen molar-refractivity contribution in [2.24, 2.45) is 156 Å². The van der Waals surface area contributed by atoms with Gasteiger partial charge in [0.05, 0.1) is 44.2 Å². The van der Waals surface area contributed by atoms with Crippen LogP contribution in [0, 0.1) is 156 Å². The lowest BCUT2D eigenvalue weighted by Gasteiger charge is -2.56. The molecule has 17 fully saturated rings. The van der Waals surface area contributed by atoms with Gasteiger partial charge in [-0.2, -0.15) is 0 Å². The minimum Gasteiger partial charge on any atom is -0.459 e. The van der Waals surface area contributed by atoms with Crippen LogP contribution in [0.1, 0.15) is 528 Å².